The molecule has 3 heteroatoms. The van der Waals surface area contributed by atoms with Gasteiger partial charge in [0.15, 0.2) is 0 Å². The molecule has 0 spiro atoms. The molecule has 0 saturated heterocycles. The van der Waals surface area contributed by atoms with Gasteiger partial charge >= 0.3 is 0 Å². The zero-order valence-electron chi connectivity index (χ0n) is 7.16. The van der Waals surface area contributed by atoms with Crippen LogP contribution in [0.25, 0.3) is 0 Å². The molecule has 0 fully saturated rings. The van der Waals surface area contributed by atoms with Crippen LogP contribution in [0, 0.1) is 17.2 Å². The quantitative estimate of drug-likeness (QED) is 0.629. The van der Waals surface area contributed by atoms with Crippen molar-refractivity contribution in [2.75, 3.05) is 7.11 Å². The number of allylic oxidation sites excluding steroid dienone is 2. The molecule has 1 rings (SSSR count). The molecule has 0 amide bonds. The van der Waals surface area contributed by atoms with Crippen LogP contribution in [0.15, 0.2) is 11.8 Å². The smallest absolute Gasteiger partial charge is 0.143 e. The lowest BCUT2D eigenvalue weighted by Crippen LogP contribution is -2.20. The van der Waals surface area contributed by atoms with Crippen molar-refractivity contribution in [1.29, 1.82) is 5.26 Å². The third-order valence-corrected chi connectivity index (χ3v) is 2.25. The van der Waals surface area contributed by atoms with Crippen molar-refractivity contribution in [3.05, 3.63) is 11.8 Å². The molecule has 66 valence electrons. The second kappa shape index (κ2) is 4.13. The lowest BCUT2D eigenvalue weighted by molar-refractivity contribution is 0.141. The van der Waals surface area contributed by atoms with E-state index >= 15 is 0 Å². The monoisotopic (exact) mass is 167 g/mol. The van der Waals surface area contributed by atoms with Gasteiger partial charge in [0.25, 0.3) is 0 Å². The van der Waals surface area contributed by atoms with E-state index in [2.05, 4.69) is 0 Å². The van der Waals surface area contributed by atoms with Gasteiger partial charge in [-0.05, 0) is 18.9 Å². The van der Waals surface area contributed by atoms with Gasteiger partial charge in [-0.15, -0.1) is 0 Å². The summed E-state index contributed by atoms with van der Waals surface area (Å²) in [6.07, 6.45) is 3.56. The van der Waals surface area contributed by atoms with Crippen molar-refractivity contribution >= 4 is 0 Å². The van der Waals surface area contributed by atoms with Gasteiger partial charge < -0.3 is 9.84 Å². The number of hydrogen-bond acceptors (Lipinski definition) is 3. The minimum Gasteiger partial charge on any atom is -0.501 e. The van der Waals surface area contributed by atoms with E-state index in [4.69, 9.17) is 10.00 Å². The summed E-state index contributed by atoms with van der Waals surface area (Å²) in [7, 11) is 1.65. The van der Waals surface area contributed by atoms with Crippen LogP contribution in [-0.4, -0.2) is 18.3 Å². The Bertz CT molecular complexity index is 217. The van der Waals surface area contributed by atoms with Gasteiger partial charge in [-0.25, -0.2) is 0 Å². The summed E-state index contributed by atoms with van der Waals surface area (Å²) in [5.74, 6) is 1.06. The molecule has 0 radical (unpaired) electrons. The Morgan fingerprint density at radius 2 is 2.58 bits per heavy atom. The van der Waals surface area contributed by atoms with Crippen LogP contribution in [0.1, 0.15) is 19.3 Å². The highest BCUT2D eigenvalue weighted by molar-refractivity contribution is 5.03. The second-order valence-electron chi connectivity index (χ2n) is 2.98. The first-order valence-corrected chi connectivity index (χ1v) is 4.08. The van der Waals surface area contributed by atoms with Crippen molar-refractivity contribution in [3.8, 4) is 6.07 Å². The lowest BCUT2D eigenvalue weighted by Gasteiger charge is -2.21. The first-order chi connectivity index (χ1) is 5.77. The van der Waals surface area contributed by atoms with E-state index in [9.17, 15) is 5.11 Å². The molecular formula is C9H13NO2. The highest BCUT2D eigenvalue weighted by atomic mass is 16.5. The van der Waals surface area contributed by atoms with E-state index in [0.29, 0.717) is 0 Å². The van der Waals surface area contributed by atoms with Crippen LogP contribution in [0.5, 0.6) is 0 Å². The van der Waals surface area contributed by atoms with Crippen LogP contribution in [0.4, 0.5) is 0 Å². The van der Waals surface area contributed by atoms with E-state index in [1.54, 1.807) is 7.11 Å². The Balaban J connectivity index is 2.47. The molecule has 3 nitrogen and oxygen atoms in total. The third kappa shape index (κ3) is 1.99. The zero-order chi connectivity index (χ0) is 8.97. The molecule has 1 aliphatic rings. The summed E-state index contributed by atoms with van der Waals surface area (Å²) >= 11 is 0. The molecule has 1 N–H and O–H groups in total. The Morgan fingerprint density at radius 1 is 1.83 bits per heavy atom. The van der Waals surface area contributed by atoms with Crippen molar-refractivity contribution in [2.45, 2.75) is 25.4 Å². The molecule has 0 aliphatic heterocycles. The predicted molar refractivity (Wildman–Crippen MR) is 44.1 cm³/mol. The maximum atomic E-state index is 9.21. The number of nitriles is 1. The van der Waals surface area contributed by atoms with Crippen molar-refractivity contribution in [1.82, 2.24) is 0 Å². The Hall–Kier alpha value is -1.01. The summed E-state index contributed by atoms with van der Waals surface area (Å²) in [4.78, 5) is 0. The van der Waals surface area contributed by atoms with Gasteiger partial charge in [-0.1, -0.05) is 0 Å². The molecule has 0 aromatic heterocycles. The van der Waals surface area contributed by atoms with Crippen molar-refractivity contribution in [3.63, 3.8) is 0 Å². The minimum absolute atomic E-state index is 0.0916. The third-order valence-electron chi connectivity index (χ3n) is 2.25. The fourth-order valence-corrected chi connectivity index (χ4v) is 1.41. The van der Waals surface area contributed by atoms with Crippen molar-refractivity contribution in [2.24, 2.45) is 5.92 Å². The molecular weight excluding hydrogens is 154 g/mol. The van der Waals surface area contributed by atoms with Gasteiger partial charge in [0.2, 0.25) is 0 Å². The lowest BCUT2D eigenvalue weighted by atomic mass is 9.89. The Morgan fingerprint density at radius 3 is 3.00 bits per heavy atom. The van der Waals surface area contributed by atoms with Crippen LogP contribution in [0.3, 0.4) is 0 Å². The van der Waals surface area contributed by atoms with E-state index in [1.165, 1.54) is 0 Å². The average molecular weight is 167 g/mol. The van der Waals surface area contributed by atoms with E-state index < -0.39 is 6.10 Å². The minimum atomic E-state index is -0.820. The first-order valence-electron chi connectivity index (χ1n) is 4.08. The van der Waals surface area contributed by atoms with Gasteiger partial charge in [0, 0.05) is 12.3 Å². The average Bonchev–Trinajstić information content (AvgIpc) is 2.17. The number of aliphatic hydroxyl groups excluding tert-OH is 1. The summed E-state index contributed by atoms with van der Waals surface area (Å²) in [6.45, 7) is 0. The molecule has 1 aliphatic carbocycles. The van der Waals surface area contributed by atoms with Gasteiger partial charge in [0.1, 0.15) is 6.10 Å². The van der Waals surface area contributed by atoms with Gasteiger partial charge in [0.05, 0.1) is 18.9 Å². The molecule has 0 bridgehead atoms. The molecule has 0 unspecified atom stereocenters. The summed E-state index contributed by atoms with van der Waals surface area (Å²) < 4.78 is 5.05. The number of rotatable bonds is 2. The molecule has 0 saturated carbocycles. The van der Waals surface area contributed by atoms with E-state index in [-0.39, 0.29) is 5.92 Å². The van der Waals surface area contributed by atoms with Crippen LogP contribution >= 0.6 is 0 Å². The predicted octanol–water partition coefficient (Wildman–Crippen LogP) is 1.20. The topological polar surface area (TPSA) is 53.2 Å². The van der Waals surface area contributed by atoms with Gasteiger partial charge in [-0.2, -0.15) is 5.26 Å². The highest BCUT2D eigenvalue weighted by Crippen LogP contribution is 2.25. The maximum absolute atomic E-state index is 9.21. The van der Waals surface area contributed by atoms with Crippen molar-refractivity contribution < 1.29 is 9.84 Å². The SMILES string of the molecule is COC1=CC[C@@H]([C@H](O)C#N)CC1. The number of methoxy groups -OCH3 is 1. The summed E-state index contributed by atoms with van der Waals surface area (Å²) in [6, 6.07) is 1.85. The molecule has 0 heterocycles. The maximum Gasteiger partial charge on any atom is 0.143 e. The first kappa shape index (κ1) is 9.08. The van der Waals surface area contributed by atoms with Crippen LogP contribution < -0.4 is 0 Å². The standard InChI is InChI=1S/C9H13NO2/c1-12-8-4-2-7(3-5-8)9(11)6-10/h4,7,9,11H,2-3,5H2,1H3/t7-,9-/m1/s1. The van der Waals surface area contributed by atoms with E-state index in [1.807, 2.05) is 12.1 Å². The van der Waals surface area contributed by atoms with Gasteiger partial charge in [-0.3, -0.25) is 0 Å². The van der Waals surface area contributed by atoms with Crippen LogP contribution in [0.2, 0.25) is 0 Å². The fourth-order valence-electron chi connectivity index (χ4n) is 1.41. The van der Waals surface area contributed by atoms with Crippen LogP contribution in [-0.2, 0) is 4.74 Å². The summed E-state index contributed by atoms with van der Waals surface area (Å²) in [5, 5.41) is 17.7. The summed E-state index contributed by atoms with van der Waals surface area (Å²) in [5.41, 5.74) is 0. The second-order valence-corrected chi connectivity index (χ2v) is 2.98. The van der Waals surface area contributed by atoms with E-state index in [0.717, 1.165) is 25.0 Å². The Kier molecular flexibility index (Phi) is 3.12. The number of nitrogens with zero attached hydrogens (tertiary/aromatic N) is 1. The Labute approximate surface area is 72.3 Å². The molecule has 2 atom stereocenters. The molecule has 0 aromatic carbocycles. The molecule has 0 aromatic rings. The largest absolute Gasteiger partial charge is 0.501 e. The number of ether oxygens (including phenoxy) is 1. The highest BCUT2D eigenvalue weighted by Gasteiger charge is 2.21. The zero-order valence-corrected chi connectivity index (χ0v) is 7.16. The normalized spacial score (nSPS) is 25.4. The number of hydrogen-bond donors (Lipinski definition) is 1. The molecule has 12 heavy (non-hydrogen) atoms. The number of aliphatic hydroxyl groups is 1. The fraction of sp³-hybridized carbons (Fsp3) is 0.667.